The van der Waals surface area contributed by atoms with E-state index in [1.165, 1.54) is 7.11 Å². The van der Waals surface area contributed by atoms with Crippen LogP contribution in [-0.4, -0.2) is 24.3 Å². The topological polar surface area (TPSA) is 71.5 Å². The lowest BCUT2D eigenvalue weighted by Crippen LogP contribution is -2.22. The third-order valence-corrected chi connectivity index (χ3v) is 4.18. The van der Waals surface area contributed by atoms with Crippen LogP contribution in [0, 0.1) is 0 Å². The lowest BCUT2D eigenvalue weighted by Gasteiger charge is -2.28. The standard InChI is InChI=1S/C21H17N3O.C2H4O2.C2H6.C2H4/c25-19-13-16-15-22-12-11-20(16)24(18-9-5-2-6-10-18)21(14-19)23-17-7-3-1-4-8-17;1-4-2-3;2*1-2/h1-12,14-15,23H,13H2;2H,1H3;1-2H3;1-2H2. The number of carbonyl (C=O) groups is 2. The molecule has 2 aromatic carbocycles. The Morgan fingerprint density at radius 1 is 1.00 bits per heavy atom. The minimum atomic E-state index is 0.0473. The molecule has 0 saturated heterocycles. The van der Waals surface area contributed by atoms with E-state index in [0.29, 0.717) is 12.9 Å². The zero-order valence-corrected chi connectivity index (χ0v) is 19.4. The zero-order chi connectivity index (χ0) is 24.5. The van der Waals surface area contributed by atoms with E-state index in [1.54, 1.807) is 18.5 Å². The molecule has 3 aromatic rings. The van der Waals surface area contributed by atoms with Gasteiger partial charge in [-0.1, -0.05) is 50.2 Å². The fraction of sp³-hybridized carbons (Fsp3) is 0.148. The van der Waals surface area contributed by atoms with Gasteiger partial charge in [0.15, 0.2) is 5.78 Å². The summed E-state index contributed by atoms with van der Waals surface area (Å²) in [5, 5.41) is 3.39. The summed E-state index contributed by atoms with van der Waals surface area (Å²) in [4.78, 5) is 27.7. The number of nitrogens with zero attached hydrogens (tertiary/aromatic N) is 2. The molecule has 4 rings (SSSR count). The molecule has 1 N–H and O–H groups in total. The Morgan fingerprint density at radius 3 is 2.15 bits per heavy atom. The molecule has 0 aliphatic carbocycles. The fourth-order valence-electron chi connectivity index (χ4n) is 2.98. The average Bonchev–Trinajstić information content (AvgIpc) is 3.02. The van der Waals surface area contributed by atoms with Crippen molar-refractivity contribution in [3.05, 3.63) is 110 Å². The Labute approximate surface area is 196 Å². The highest BCUT2D eigenvalue weighted by molar-refractivity contribution is 5.97. The summed E-state index contributed by atoms with van der Waals surface area (Å²) in [6.45, 7) is 10.4. The molecule has 2 heterocycles. The lowest BCUT2D eigenvalue weighted by molar-refractivity contribution is -0.126. The number of aromatic nitrogens is 1. The summed E-state index contributed by atoms with van der Waals surface area (Å²) >= 11 is 0. The van der Waals surface area contributed by atoms with Crippen LogP contribution >= 0.6 is 0 Å². The van der Waals surface area contributed by atoms with Gasteiger partial charge in [-0.2, -0.15) is 0 Å². The molecular weight excluding hydrogens is 414 g/mol. The molecule has 1 aliphatic rings. The average molecular weight is 446 g/mol. The van der Waals surface area contributed by atoms with E-state index in [-0.39, 0.29) is 5.78 Å². The Morgan fingerprint density at radius 2 is 1.58 bits per heavy atom. The van der Waals surface area contributed by atoms with Gasteiger partial charge < -0.3 is 10.1 Å². The molecule has 0 radical (unpaired) electrons. The quantitative estimate of drug-likeness (QED) is 0.397. The van der Waals surface area contributed by atoms with Crippen LogP contribution in [0.15, 0.2) is 104 Å². The van der Waals surface area contributed by atoms with E-state index in [9.17, 15) is 4.79 Å². The van der Waals surface area contributed by atoms with Crippen LogP contribution in [-0.2, 0) is 20.7 Å². The molecular formula is C27H31N3O3. The molecule has 0 saturated carbocycles. The van der Waals surface area contributed by atoms with Gasteiger partial charge in [0.1, 0.15) is 5.82 Å². The second-order valence-corrected chi connectivity index (χ2v) is 6.17. The molecule has 6 heteroatoms. The van der Waals surface area contributed by atoms with E-state index < -0.39 is 0 Å². The Kier molecular flexibility index (Phi) is 12.7. The molecule has 1 aliphatic heterocycles. The van der Waals surface area contributed by atoms with Gasteiger partial charge in [0, 0.05) is 41.8 Å². The van der Waals surface area contributed by atoms with Gasteiger partial charge in [0.05, 0.1) is 12.8 Å². The second kappa shape index (κ2) is 15.6. The molecule has 0 unspecified atom stereocenters. The van der Waals surface area contributed by atoms with E-state index >= 15 is 0 Å². The molecule has 0 atom stereocenters. The van der Waals surface area contributed by atoms with Crippen molar-refractivity contribution in [1.82, 2.24) is 4.98 Å². The van der Waals surface area contributed by atoms with Crippen molar-refractivity contribution in [2.45, 2.75) is 20.3 Å². The van der Waals surface area contributed by atoms with Crippen molar-refractivity contribution in [3.63, 3.8) is 0 Å². The summed E-state index contributed by atoms with van der Waals surface area (Å²) < 4.78 is 3.86. The van der Waals surface area contributed by atoms with Crippen LogP contribution in [0.3, 0.4) is 0 Å². The molecule has 0 spiro atoms. The highest BCUT2D eigenvalue weighted by Gasteiger charge is 2.23. The first-order valence-corrected chi connectivity index (χ1v) is 10.5. The summed E-state index contributed by atoms with van der Waals surface area (Å²) in [6.07, 6.45) is 5.53. The maximum Gasteiger partial charge on any atom is 0.292 e. The van der Waals surface area contributed by atoms with Gasteiger partial charge in [0.25, 0.3) is 6.47 Å². The highest BCUT2D eigenvalue weighted by atomic mass is 16.5. The van der Waals surface area contributed by atoms with E-state index in [1.807, 2.05) is 80.6 Å². The highest BCUT2D eigenvalue weighted by Crippen LogP contribution is 2.34. The SMILES string of the molecule is C=C.CC.COC=O.O=C1C=C(Nc2ccccc2)N(c2ccccc2)c2ccncc2C1. The fourth-order valence-corrected chi connectivity index (χ4v) is 2.98. The Balaban J connectivity index is 0.000000605. The summed E-state index contributed by atoms with van der Waals surface area (Å²) in [6, 6.07) is 21.8. The van der Waals surface area contributed by atoms with Crippen LogP contribution in [0.5, 0.6) is 0 Å². The van der Waals surface area contributed by atoms with Crippen molar-refractivity contribution < 1.29 is 14.3 Å². The molecule has 172 valence electrons. The first-order valence-electron chi connectivity index (χ1n) is 10.5. The zero-order valence-electron chi connectivity index (χ0n) is 19.4. The number of carbonyl (C=O) groups excluding carboxylic acids is 2. The molecule has 0 fully saturated rings. The summed E-state index contributed by atoms with van der Waals surface area (Å²) in [7, 11) is 1.31. The predicted octanol–water partition coefficient (Wildman–Crippen LogP) is 5.92. The van der Waals surface area contributed by atoms with Gasteiger partial charge in [-0.05, 0) is 30.3 Å². The van der Waals surface area contributed by atoms with Crippen LogP contribution in [0.25, 0.3) is 0 Å². The molecule has 0 bridgehead atoms. The number of anilines is 3. The first-order chi connectivity index (χ1) is 16.2. The number of ether oxygens (including phenoxy) is 1. The number of methoxy groups -OCH3 is 1. The number of ketones is 1. The number of benzene rings is 2. The number of pyridine rings is 1. The number of rotatable bonds is 4. The minimum Gasteiger partial charge on any atom is -0.471 e. The maximum atomic E-state index is 12.5. The van der Waals surface area contributed by atoms with Gasteiger partial charge >= 0.3 is 0 Å². The molecule has 1 aromatic heterocycles. The third-order valence-electron chi connectivity index (χ3n) is 4.18. The van der Waals surface area contributed by atoms with Crippen molar-refractivity contribution in [2.75, 3.05) is 17.3 Å². The molecule has 6 nitrogen and oxygen atoms in total. The number of hydrogen-bond donors (Lipinski definition) is 1. The van der Waals surface area contributed by atoms with Gasteiger partial charge in [-0.25, -0.2) is 0 Å². The predicted molar refractivity (Wildman–Crippen MR) is 135 cm³/mol. The largest absolute Gasteiger partial charge is 0.471 e. The number of hydrogen-bond acceptors (Lipinski definition) is 6. The smallest absolute Gasteiger partial charge is 0.292 e. The first kappa shape index (κ1) is 26.8. The van der Waals surface area contributed by atoms with Gasteiger partial charge in [-0.15, -0.1) is 13.2 Å². The number of fused-ring (bicyclic) bond motifs is 1. The number of para-hydroxylation sites is 2. The molecule has 33 heavy (non-hydrogen) atoms. The summed E-state index contributed by atoms with van der Waals surface area (Å²) in [5.41, 5.74) is 3.79. The normalized spacial score (nSPS) is 11.3. The van der Waals surface area contributed by atoms with Crippen molar-refractivity contribution in [3.8, 4) is 0 Å². The van der Waals surface area contributed by atoms with E-state index in [0.717, 1.165) is 28.4 Å². The maximum absolute atomic E-state index is 12.5. The van der Waals surface area contributed by atoms with Gasteiger partial charge in [-0.3, -0.25) is 19.5 Å². The van der Waals surface area contributed by atoms with Crippen molar-refractivity contribution in [2.24, 2.45) is 0 Å². The van der Waals surface area contributed by atoms with Crippen LogP contribution in [0.1, 0.15) is 19.4 Å². The van der Waals surface area contributed by atoms with Crippen LogP contribution in [0.4, 0.5) is 17.1 Å². The third kappa shape index (κ3) is 8.10. The van der Waals surface area contributed by atoms with Crippen LogP contribution < -0.4 is 10.2 Å². The minimum absolute atomic E-state index is 0.0473. The Hall–Kier alpha value is -4.19. The van der Waals surface area contributed by atoms with Gasteiger partial charge in [0.2, 0.25) is 0 Å². The molecule has 0 amide bonds. The summed E-state index contributed by atoms with van der Waals surface area (Å²) in [5.74, 6) is 0.776. The monoisotopic (exact) mass is 445 g/mol. The van der Waals surface area contributed by atoms with E-state index in [4.69, 9.17) is 4.79 Å². The van der Waals surface area contributed by atoms with E-state index in [2.05, 4.69) is 33.1 Å². The Bertz CT molecular complexity index is 1010. The second-order valence-electron chi connectivity index (χ2n) is 6.17. The van der Waals surface area contributed by atoms with Crippen molar-refractivity contribution >= 4 is 29.3 Å². The van der Waals surface area contributed by atoms with Crippen molar-refractivity contribution in [1.29, 1.82) is 0 Å². The lowest BCUT2D eigenvalue weighted by atomic mass is 10.1. The number of nitrogens with one attached hydrogen (secondary N) is 1. The van der Waals surface area contributed by atoms with Crippen LogP contribution in [0.2, 0.25) is 0 Å². The number of allylic oxidation sites excluding steroid dienone is 1.